The van der Waals surface area contributed by atoms with Gasteiger partial charge in [0.25, 0.3) is 11.9 Å². The number of rotatable bonds is 4. The van der Waals surface area contributed by atoms with Crippen molar-refractivity contribution >= 4 is 29.2 Å². The molecule has 1 aliphatic rings. The summed E-state index contributed by atoms with van der Waals surface area (Å²) in [6.07, 6.45) is 2.50. The molecule has 6 nitrogen and oxygen atoms in total. The summed E-state index contributed by atoms with van der Waals surface area (Å²) >= 11 is 6.05. The predicted molar refractivity (Wildman–Crippen MR) is 102 cm³/mol. The van der Waals surface area contributed by atoms with Crippen LogP contribution in [0.25, 0.3) is 0 Å². The maximum absolute atomic E-state index is 14.6. The van der Waals surface area contributed by atoms with Gasteiger partial charge in [-0.15, -0.1) is 0 Å². The number of aromatic nitrogens is 1. The van der Waals surface area contributed by atoms with Gasteiger partial charge in [-0.2, -0.15) is 0 Å². The van der Waals surface area contributed by atoms with Gasteiger partial charge in [-0.1, -0.05) is 18.5 Å². The average molecular weight is 391 g/mol. The van der Waals surface area contributed by atoms with Gasteiger partial charge in [0.1, 0.15) is 11.5 Å². The lowest BCUT2D eigenvalue weighted by Gasteiger charge is -2.33. The van der Waals surface area contributed by atoms with Crippen LogP contribution in [0.5, 0.6) is 0 Å². The Labute approximate surface area is 161 Å². The molecule has 1 aromatic carbocycles. The molecular weight excluding hydrogens is 371 g/mol. The number of amidine groups is 1. The van der Waals surface area contributed by atoms with Crippen LogP contribution in [0.1, 0.15) is 41.4 Å². The van der Waals surface area contributed by atoms with Crippen LogP contribution < -0.4 is 11.1 Å². The zero-order valence-corrected chi connectivity index (χ0v) is 15.8. The molecule has 0 saturated carbocycles. The molecule has 3 rings (SSSR count). The van der Waals surface area contributed by atoms with E-state index in [2.05, 4.69) is 15.3 Å². The van der Waals surface area contributed by atoms with Crippen molar-refractivity contribution < 1.29 is 13.9 Å². The van der Waals surface area contributed by atoms with Crippen LogP contribution in [-0.4, -0.2) is 23.5 Å². The van der Waals surface area contributed by atoms with E-state index in [1.54, 1.807) is 19.1 Å². The van der Waals surface area contributed by atoms with Gasteiger partial charge < -0.3 is 15.8 Å². The fourth-order valence-corrected chi connectivity index (χ4v) is 3.30. The molecule has 0 saturated heterocycles. The molecule has 3 N–H and O–H groups in total. The smallest absolute Gasteiger partial charge is 0.282 e. The maximum Gasteiger partial charge on any atom is 0.282 e. The van der Waals surface area contributed by atoms with Gasteiger partial charge in [0.05, 0.1) is 12.1 Å². The summed E-state index contributed by atoms with van der Waals surface area (Å²) < 4.78 is 19.8. The summed E-state index contributed by atoms with van der Waals surface area (Å²) in [5.74, 6) is -0.835. The number of carbonyl (C=O) groups excluding carboxylic acids is 1. The van der Waals surface area contributed by atoms with Crippen LogP contribution in [0.15, 0.2) is 35.5 Å². The molecule has 0 aliphatic carbocycles. The zero-order chi connectivity index (χ0) is 19.6. The van der Waals surface area contributed by atoms with Crippen LogP contribution in [0.3, 0.4) is 0 Å². The van der Waals surface area contributed by atoms with E-state index in [0.717, 1.165) is 0 Å². The third kappa shape index (κ3) is 3.73. The lowest BCUT2D eigenvalue weighted by atomic mass is 9.84. The first-order valence-electron chi connectivity index (χ1n) is 8.57. The Hall–Kier alpha value is -2.67. The highest BCUT2D eigenvalue weighted by atomic mass is 35.5. The summed E-state index contributed by atoms with van der Waals surface area (Å²) in [7, 11) is 0. The van der Waals surface area contributed by atoms with Crippen LogP contribution in [0.2, 0.25) is 5.02 Å². The minimum atomic E-state index is -0.822. The van der Waals surface area contributed by atoms with Crippen molar-refractivity contribution in [2.24, 2.45) is 10.7 Å². The molecule has 0 fully saturated rings. The van der Waals surface area contributed by atoms with Crippen LogP contribution >= 0.6 is 11.6 Å². The third-order valence-corrected chi connectivity index (χ3v) is 5.16. The Morgan fingerprint density at radius 2 is 2.22 bits per heavy atom. The molecule has 2 aromatic rings. The summed E-state index contributed by atoms with van der Waals surface area (Å²) in [5.41, 5.74) is 6.48. The molecule has 8 heteroatoms. The summed E-state index contributed by atoms with van der Waals surface area (Å²) in [6, 6.07) is 6.03. The van der Waals surface area contributed by atoms with Crippen molar-refractivity contribution in [3.8, 4) is 0 Å². The van der Waals surface area contributed by atoms with E-state index in [-0.39, 0.29) is 11.7 Å². The highest BCUT2D eigenvalue weighted by Crippen LogP contribution is 2.38. The second-order valence-corrected chi connectivity index (χ2v) is 6.76. The number of anilines is 1. The zero-order valence-electron chi connectivity index (χ0n) is 15.1. The monoisotopic (exact) mass is 390 g/mol. The third-order valence-electron chi connectivity index (χ3n) is 4.75. The topological polar surface area (TPSA) is 89.6 Å². The molecular formula is C19H20ClFN4O2. The van der Waals surface area contributed by atoms with E-state index >= 15 is 0 Å². The second-order valence-electron chi connectivity index (χ2n) is 6.35. The Morgan fingerprint density at radius 3 is 2.93 bits per heavy atom. The lowest BCUT2D eigenvalue weighted by molar-refractivity contribution is 0.102. The number of aliphatic imine (C=N–C) groups is 1. The van der Waals surface area contributed by atoms with E-state index in [9.17, 15) is 9.18 Å². The fraction of sp³-hybridized carbons (Fsp3) is 0.316. The molecule has 2 heterocycles. The van der Waals surface area contributed by atoms with Crippen molar-refractivity contribution in [1.82, 2.24) is 4.98 Å². The number of benzene rings is 1. The second kappa shape index (κ2) is 7.52. The molecule has 142 valence electrons. The van der Waals surface area contributed by atoms with E-state index in [1.165, 1.54) is 18.3 Å². The predicted octanol–water partition coefficient (Wildman–Crippen LogP) is 3.78. The molecule has 0 radical (unpaired) electrons. The number of halogens is 2. The van der Waals surface area contributed by atoms with Crippen LogP contribution in [0.4, 0.5) is 10.1 Å². The SMILES string of the molecule is CC[C@@]1(c2cc(NC(=O)c3nccc(Cl)c3C)ccc2F)CCOC(N)=N1. The van der Waals surface area contributed by atoms with E-state index in [4.69, 9.17) is 22.1 Å². The number of nitrogens with zero attached hydrogens (tertiary/aromatic N) is 2. The standard InChI is InChI=1S/C19H20ClFN4O2/c1-3-19(7-9-27-18(22)25-19)13-10-12(4-5-15(13)21)24-17(26)16-11(2)14(20)6-8-23-16/h4-6,8,10H,3,7,9H2,1-2H3,(H2,22,25)(H,24,26)/t19-/m0/s1. The van der Waals surface area contributed by atoms with Crippen molar-refractivity contribution in [2.75, 3.05) is 11.9 Å². The van der Waals surface area contributed by atoms with E-state index in [1.807, 2.05) is 6.92 Å². The van der Waals surface area contributed by atoms with Gasteiger partial charge in [-0.3, -0.25) is 9.78 Å². The lowest BCUT2D eigenvalue weighted by Crippen LogP contribution is -2.36. The Balaban J connectivity index is 1.95. The Morgan fingerprint density at radius 1 is 1.44 bits per heavy atom. The number of nitrogens with two attached hydrogens (primary N) is 1. The Kier molecular flexibility index (Phi) is 5.32. The molecule has 1 amide bonds. The van der Waals surface area contributed by atoms with Gasteiger partial charge in [0.15, 0.2) is 0 Å². The van der Waals surface area contributed by atoms with Crippen molar-refractivity contribution in [3.05, 3.63) is 58.1 Å². The van der Waals surface area contributed by atoms with Crippen molar-refractivity contribution in [1.29, 1.82) is 0 Å². The number of ether oxygens (including phenoxy) is 1. The molecule has 0 spiro atoms. The van der Waals surface area contributed by atoms with E-state index in [0.29, 0.717) is 41.3 Å². The van der Waals surface area contributed by atoms with Gasteiger partial charge in [0, 0.05) is 28.9 Å². The van der Waals surface area contributed by atoms with Crippen molar-refractivity contribution in [3.63, 3.8) is 0 Å². The highest BCUT2D eigenvalue weighted by molar-refractivity contribution is 6.31. The molecule has 1 atom stereocenters. The first-order chi connectivity index (χ1) is 12.9. The number of pyridine rings is 1. The fourth-order valence-electron chi connectivity index (χ4n) is 3.16. The normalized spacial score (nSPS) is 19.2. The molecule has 1 aliphatic heterocycles. The first-order valence-corrected chi connectivity index (χ1v) is 8.94. The largest absolute Gasteiger partial charge is 0.465 e. The molecule has 27 heavy (non-hydrogen) atoms. The van der Waals surface area contributed by atoms with Crippen LogP contribution in [-0.2, 0) is 10.3 Å². The molecule has 1 aromatic heterocycles. The number of hydrogen-bond donors (Lipinski definition) is 2. The highest BCUT2D eigenvalue weighted by Gasteiger charge is 2.36. The average Bonchev–Trinajstić information content (AvgIpc) is 2.65. The summed E-state index contributed by atoms with van der Waals surface area (Å²) in [5, 5.41) is 3.20. The van der Waals surface area contributed by atoms with Gasteiger partial charge in [-0.25, -0.2) is 9.38 Å². The maximum atomic E-state index is 14.6. The van der Waals surface area contributed by atoms with E-state index < -0.39 is 17.3 Å². The van der Waals surface area contributed by atoms with Gasteiger partial charge in [0.2, 0.25) is 0 Å². The molecule has 0 bridgehead atoms. The number of amides is 1. The number of nitrogens with one attached hydrogen (secondary N) is 1. The summed E-state index contributed by atoms with van der Waals surface area (Å²) in [6.45, 7) is 3.98. The number of hydrogen-bond acceptors (Lipinski definition) is 5. The molecule has 0 unspecified atom stereocenters. The van der Waals surface area contributed by atoms with Crippen LogP contribution in [0, 0.1) is 12.7 Å². The number of carbonyl (C=O) groups is 1. The van der Waals surface area contributed by atoms with Gasteiger partial charge in [-0.05, 0) is 43.2 Å². The minimum Gasteiger partial charge on any atom is -0.465 e. The first kappa shape index (κ1) is 19.1. The Bertz CT molecular complexity index is 919. The van der Waals surface area contributed by atoms with Crippen molar-refractivity contribution in [2.45, 2.75) is 32.2 Å². The minimum absolute atomic E-state index is 0.0377. The summed E-state index contributed by atoms with van der Waals surface area (Å²) in [4.78, 5) is 21.0. The van der Waals surface area contributed by atoms with Gasteiger partial charge >= 0.3 is 0 Å². The quantitative estimate of drug-likeness (QED) is 0.831.